The third kappa shape index (κ3) is 4.33. The van der Waals surface area contributed by atoms with Gasteiger partial charge in [-0.1, -0.05) is 6.07 Å². The van der Waals surface area contributed by atoms with Crippen LogP contribution in [0.5, 0.6) is 0 Å². The number of H-pyrrole nitrogens is 1. The number of fused-ring (bicyclic) bond motifs is 1. The fourth-order valence-corrected chi connectivity index (χ4v) is 3.55. The SMILES string of the molecule is O=C(NCC(c1cccnc1)N1CCOCC1)c1cc2ccc(F)cc2[nH]c1=O. The number of ether oxygens (including phenoxy) is 1. The minimum Gasteiger partial charge on any atom is -0.379 e. The van der Waals surface area contributed by atoms with E-state index in [1.807, 2.05) is 12.1 Å². The second-order valence-electron chi connectivity index (χ2n) is 6.90. The first-order valence-corrected chi connectivity index (χ1v) is 9.44. The molecule has 0 saturated carbocycles. The third-order valence-electron chi connectivity index (χ3n) is 5.06. The molecule has 8 heteroatoms. The standard InChI is InChI=1S/C21H21FN4O3/c22-16-4-3-14-10-17(21(28)25-18(14)11-16)20(27)24-13-19(15-2-1-5-23-12-15)26-6-8-29-9-7-26/h1-5,10-12,19H,6-9,13H2,(H,24,27)(H,25,28). The average Bonchev–Trinajstić information content (AvgIpc) is 2.74. The number of morpholine rings is 1. The molecule has 1 saturated heterocycles. The molecule has 1 aliphatic rings. The second kappa shape index (κ2) is 8.50. The molecule has 150 valence electrons. The summed E-state index contributed by atoms with van der Waals surface area (Å²) >= 11 is 0. The van der Waals surface area contributed by atoms with Crippen LogP contribution < -0.4 is 10.9 Å². The summed E-state index contributed by atoms with van der Waals surface area (Å²) in [5.41, 5.74) is 0.784. The van der Waals surface area contributed by atoms with E-state index in [1.165, 1.54) is 24.3 Å². The molecule has 1 aromatic carbocycles. The summed E-state index contributed by atoms with van der Waals surface area (Å²) in [5, 5.41) is 3.46. The highest BCUT2D eigenvalue weighted by Gasteiger charge is 2.24. The largest absolute Gasteiger partial charge is 0.379 e. The number of carbonyl (C=O) groups excluding carboxylic acids is 1. The summed E-state index contributed by atoms with van der Waals surface area (Å²) in [6.45, 7) is 3.08. The van der Waals surface area contributed by atoms with E-state index in [0.717, 1.165) is 18.7 Å². The Labute approximate surface area is 166 Å². The van der Waals surface area contributed by atoms with E-state index in [-0.39, 0.29) is 11.6 Å². The van der Waals surface area contributed by atoms with E-state index >= 15 is 0 Å². The number of pyridine rings is 2. The quantitative estimate of drug-likeness (QED) is 0.688. The van der Waals surface area contributed by atoms with Crippen LogP contribution in [0.2, 0.25) is 0 Å². The van der Waals surface area contributed by atoms with Crippen LogP contribution in [0.1, 0.15) is 22.0 Å². The second-order valence-corrected chi connectivity index (χ2v) is 6.90. The Hall–Kier alpha value is -3.10. The van der Waals surface area contributed by atoms with Crippen LogP contribution in [0, 0.1) is 5.82 Å². The number of aromatic nitrogens is 2. The third-order valence-corrected chi connectivity index (χ3v) is 5.06. The van der Waals surface area contributed by atoms with Gasteiger partial charge in [0.1, 0.15) is 11.4 Å². The summed E-state index contributed by atoms with van der Waals surface area (Å²) in [7, 11) is 0. The van der Waals surface area contributed by atoms with Crippen molar-refractivity contribution in [2.75, 3.05) is 32.8 Å². The molecule has 3 aromatic rings. The summed E-state index contributed by atoms with van der Waals surface area (Å²) < 4.78 is 18.8. The lowest BCUT2D eigenvalue weighted by Crippen LogP contribution is -2.44. The van der Waals surface area contributed by atoms with Gasteiger partial charge in [0.05, 0.1) is 24.8 Å². The van der Waals surface area contributed by atoms with Crippen molar-refractivity contribution in [1.82, 2.24) is 20.2 Å². The zero-order valence-electron chi connectivity index (χ0n) is 15.7. The van der Waals surface area contributed by atoms with Gasteiger partial charge in [0.25, 0.3) is 11.5 Å². The summed E-state index contributed by atoms with van der Waals surface area (Å²) in [6.07, 6.45) is 3.49. The van der Waals surface area contributed by atoms with Crippen molar-refractivity contribution in [2.45, 2.75) is 6.04 Å². The molecule has 2 N–H and O–H groups in total. The molecule has 0 spiro atoms. The molecule has 1 amide bonds. The van der Waals surface area contributed by atoms with Gasteiger partial charge in [0.15, 0.2) is 0 Å². The van der Waals surface area contributed by atoms with Gasteiger partial charge in [-0.2, -0.15) is 0 Å². The molecule has 1 fully saturated rings. The smallest absolute Gasteiger partial charge is 0.261 e. The first kappa shape index (κ1) is 19.2. The Balaban J connectivity index is 1.55. The van der Waals surface area contributed by atoms with Gasteiger partial charge in [-0.25, -0.2) is 4.39 Å². The number of aromatic amines is 1. The maximum Gasteiger partial charge on any atom is 0.261 e. The normalized spacial score (nSPS) is 15.9. The molecule has 1 unspecified atom stereocenters. The highest BCUT2D eigenvalue weighted by atomic mass is 19.1. The van der Waals surface area contributed by atoms with Crippen LogP contribution in [-0.4, -0.2) is 53.6 Å². The van der Waals surface area contributed by atoms with Gasteiger partial charge in [-0.15, -0.1) is 0 Å². The number of nitrogens with zero attached hydrogens (tertiary/aromatic N) is 2. The number of rotatable bonds is 5. The van der Waals surface area contributed by atoms with Gasteiger partial charge in [0.2, 0.25) is 0 Å². The van der Waals surface area contributed by atoms with Gasteiger partial charge in [-0.05, 0) is 41.3 Å². The predicted molar refractivity (Wildman–Crippen MR) is 106 cm³/mol. The van der Waals surface area contributed by atoms with E-state index in [4.69, 9.17) is 4.74 Å². The molecule has 29 heavy (non-hydrogen) atoms. The number of benzene rings is 1. The van der Waals surface area contributed by atoms with Crippen molar-refractivity contribution in [3.8, 4) is 0 Å². The molecular weight excluding hydrogens is 375 g/mol. The van der Waals surface area contributed by atoms with Crippen molar-refractivity contribution >= 4 is 16.8 Å². The molecule has 7 nitrogen and oxygen atoms in total. The minimum absolute atomic E-state index is 0.00368. The Morgan fingerprint density at radius 2 is 2.10 bits per heavy atom. The highest BCUT2D eigenvalue weighted by Crippen LogP contribution is 2.20. The van der Waals surface area contributed by atoms with Gasteiger partial charge in [0, 0.05) is 32.0 Å². The van der Waals surface area contributed by atoms with Crippen molar-refractivity contribution in [3.05, 3.63) is 76.1 Å². The van der Waals surface area contributed by atoms with Crippen LogP contribution in [0.4, 0.5) is 4.39 Å². The van der Waals surface area contributed by atoms with Gasteiger partial charge in [-0.3, -0.25) is 19.5 Å². The van der Waals surface area contributed by atoms with Crippen molar-refractivity contribution < 1.29 is 13.9 Å². The minimum atomic E-state index is -0.551. The molecular formula is C21H21FN4O3. The Kier molecular flexibility index (Phi) is 5.64. The first-order valence-electron chi connectivity index (χ1n) is 9.44. The number of hydrogen-bond donors (Lipinski definition) is 2. The average molecular weight is 396 g/mol. The molecule has 1 atom stereocenters. The maximum atomic E-state index is 13.4. The number of halogens is 1. The van der Waals surface area contributed by atoms with E-state index in [9.17, 15) is 14.0 Å². The Bertz CT molecular complexity index is 1060. The molecule has 0 bridgehead atoms. The van der Waals surface area contributed by atoms with E-state index in [0.29, 0.717) is 30.7 Å². The maximum absolute atomic E-state index is 13.4. The van der Waals surface area contributed by atoms with Crippen molar-refractivity contribution in [3.63, 3.8) is 0 Å². The molecule has 3 heterocycles. The lowest BCUT2D eigenvalue weighted by molar-refractivity contribution is 0.0161. The van der Waals surface area contributed by atoms with Crippen LogP contribution >= 0.6 is 0 Å². The number of hydrogen-bond acceptors (Lipinski definition) is 5. The van der Waals surface area contributed by atoms with E-state index in [1.54, 1.807) is 12.4 Å². The van der Waals surface area contributed by atoms with E-state index < -0.39 is 17.3 Å². The van der Waals surface area contributed by atoms with Crippen LogP contribution in [0.3, 0.4) is 0 Å². The molecule has 4 rings (SSSR count). The zero-order chi connectivity index (χ0) is 20.2. The van der Waals surface area contributed by atoms with Crippen LogP contribution in [-0.2, 0) is 4.74 Å². The summed E-state index contributed by atoms with van der Waals surface area (Å²) in [6, 6.07) is 9.29. The van der Waals surface area contributed by atoms with Gasteiger partial charge >= 0.3 is 0 Å². The topological polar surface area (TPSA) is 87.3 Å². The van der Waals surface area contributed by atoms with Crippen molar-refractivity contribution in [2.24, 2.45) is 0 Å². The molecule has 2 aromatic heterocycles. The molecule has 0 aliphatic carbocycles. The van der Waals surface area contributed by atoms with Crippen LogP contribution in [0.25, 0.3) is 10.9 Å². The summed E-state index contributed by atoms with van der Waals surface area (Å²) in [5.74, 6) is -0.921. The lowest BCUT2D eigenvalue weighted by Gasteiger charge is -2.34. The Morgan fingerprint density at radius 1 is 1.28 bits per heavy atom. The lowest BCUT2D eigenvalue weighted by atomic mass is 10.1. The zero-order valence-corrected chi connectivity index (χ0v) is 15.7. The molecule has 0 radical (unpaired) electrons. The number of nitrogens with one attached hydrogen (secondary N) is 2. The first-order chi connectivity index (χ1) is 14.1. The van der Waals surface area contributed by atoms with E-state index in [2.05, 4.69) is 20.2 Å². The van der Waals surface area contributed by atoms with Gasteiger partial charge < -0.3 is 15.0 Å². The van der Waals surface area contributed by atoms with Crippen molar-refractivity contribution in [1.29, 1.82) is 0 Å². The fourth-order valence-electron chi connectivity index (χ4n) is 3.55. The number of carbonyl (C=O) groups is 1. The highest BCUT2D eigenvalue weighted by molar-refractivity contribution is 5.97. The Morgan fingerprint density at radius 3 is 2.86 bits per heavy atom. The number of amides is 1. The predicted octanol–water partition coefficient (Wildman–Crippen LogP) is 1.87. The van der Waals surface area contributed by atoms with Crippen LogP contribution in [0.15, 0.2) is 53.6 Å². The monoisotopic (exact) mass is 396 g/mol. The summed E-state index contributed by atoms with van der Waals surface area (Å²) in [4.78, 5) is 34.0. The fraction of sp³-hybridized carbons (Fsp3) is 0.286. The molecule has 1 aliphatic heterocycles.